The minimum absolute atomic E-state index is 0.109. The van der Waals surface area contributed by atoms with Crippen molar-refractivity contribution in [1.82, 2.24) is 9.97 Å². The van der Waals surface area contributed by atoms with Gasteiger partial charge in [0.05, 0.1) is 0 Å². The molecule has 11 heteroatoms. The lowest BCUT2D eigenvalue weighted by Crippen LogP contribution is -2.16. The molecule has 0 saturated carbocycles. The van der Waals surface area contributed by atoms with Crippen molar-refractivity contribution >= 4 is 0 Å². The third-order valence-corrected chi connectivity index (χ3v) is 3.36. The molecule has 5 nitrogen and oxygen atoms in total. The van der Waals surface area contributed by atoms with Gasteiger partial charge in [0.1, 0.15) is 17.1 Å². The Labute approximate surface area is 157 Å². The van der Waals surface area contributed by atoms with Gasteiger partial charge in [0, 0.05) is 11.8 Å². The Morgan fingerprint density at radius 3 is 1.61 bits per heavy atom. The molecule has 0 fully saturated rings. The number of hydrogen-bond acceptors (Lipinski definition) is 5. The van der Waals surface area contributed by atoms with Crippen LogP contribution in [0, 0.1) is 0 Å². The lowest BCUT2D eigenvalue weighted by atomic mass is 10.1. The Morgan fingerprint density at radius 1 is 0.857 bits per heavy atom. The van der Waals surface area contributed by atoms with Crippen LogP contribution in [0.15, 0.2) is 15.2 Å². The summed E-state index contributed by atoms with van der Waals surface area (Å²) in [6, 6.07) is 0. The number of alkyl halides is 6. The molecule has 2 aromatic rings. The first-order chi connectivity index (χ1) is 12.5. The molecule has 1 N–H and O–H groups in total. The summed E-state index contributed by atoms with van der Waals surface area (Å²) >= 11 is 0. The van der Waals surface area contributed by atoms with Gasteiger partial charge in [-0.25, -0.2) is 9.97 Å². The molecule has 2 rings (SSSR count). The predicted molar refractivity (Wildman–Crippen MR) is 86.4 cm³/mol. The highest BCUT2D eigenvalue weighted by molar-refractivity contribution is 5.18. The SMILES string of the molecule is CC(C)c1oc(C(C)(C)O)nc1C(F)(F)F.CC(C)c1ocnc1C(F)(F)F. The summed E-state index contributed by atoms with van der Waals surface area (Å²) in [6.07, 6.45) is -8.16. The molecule has 28 heavy (non-hydrogen) atoms. The van der Waals surface area contributed by atoms with Crippen LogP contribution in [0.25, 0.3) is 0 Å². The van der Waals surface area contributed by atoms with E-state index in [1.54, 1.807) is 27.7 Å². The first-order valence-electron chi connectivity index (χ1n) is 8.27. The second-order valence-corrected chi connectivity index (χ2v) is 7.16. The van der Waals surface area contributed by atoms with E-state index in [0.29, 0.717) is 0 Å². The van der Waals surface area contributed by atoms with Crippen LogP contribution in [0.2, 0.25) is 0 Å². The maximum Gasteiger partial charge on any atom is 0.436 e. The minimum Gasteiger partial charge on any atom is -0.448 e. The molecule has 0 aliphatic rings. The summed E-state index contributed by atoms with van der Waals surface area (Å²) < 4.78 is 83.8. The molecule has 0 unspecified atom stereocenters. The van der Waals surface area contributed by atoms with Crippen molar-refractivity contribution < 1.29 is 40.3 Å². The Bertz CT molecular complexity index is 767. The van der Waals surface area contributed by atoms with E-state index in [4.69, 9.17) is 4.42 Å². The summed E-state index contributed by atoms with van der Waals surface area (Å²) in [5.74, 6) is -1.42. The van der Waals surface area contributed by atoms with Crippen LogP contribution in [0.3, 0.4) is 0 Å². The van der Waals surface area contributed by atoms with Crippen LogP contribution in [-0.4, -0.2) is 15.1 Å². The number of hydrogen-bond donors (Lipinski definition) is 1. The molecule has 0 aliphatic carbocycles. The van der Waals surface area contributed by atoms with Crippen LogP contribution in [0.4, 0.5) is 26.3 Å². The fourth-order valence-electron chi connectivity index (χ4n) is 2.07. The first kappa shape index (κ1) is 24.0. The fourth-order valence-corrected chi connectivity index (χ4v) is 2.07. The zero-order chi connectivity index (χ0) is 22.1. The van der Waals surface area contributed by atoms with Gasteiger partial charge in [0.15, 0.2) is 17.8 Å². The second-order valence-electron chi connectivity index (χ2n) is 7.16. The van der Waals surface area contributed by atoms with Crippen LogP contribution in [0.5, 0.6) is 0 Å². The van der Waals surface area contributed by atoms with Crippen molar-refractivity contribution in [2.24, 2.45) is 0 Å². The average Bonchev–Trinajstić information content (AvgIpc) is 3.13. The third-order valence-electron chi connectivity index (χ3n) is 3.36. The molecule has 2 aromatic heterocycles. The largest absolute Gasteiger partial charge is 0.448 e. The van der Waals surface area contributed by atoms with Crippen molar-refractivity contribution in [3.8, 4) is 0 Å². The second kappa shape index (κ2) is 8.14. The zero-order valence-corrected chi connectivity index (χ0v) is 16.2. The van der Waals surface area contributed by atoms with E-state index in [0.717, 1.165) is 6.39 Å². The molecule has 0 radical (unpaired) electrons. The van der Waals surface area contributed by atoms with E-state index < -0.39 is 35.3 Å². The Balaban J connectivity index is 0.000000292. The number of oxazole rings is 2. The lowest BCUT2D eigenvalue weighted by molar-refractivity contribution is -0.143. The standard InChI is InChI=1S/C10H14F3NO2.C7H8F3NO/c1-5(2)6-7(10(11,12)13)14-8(16-6)9(3,4)15;1-4(2)5-6(7(8,9)10)11-3-12-5/h5,15H,1-4H3;3-4H,1-2H3. The van der Waals surface area contributed by atoms with E-state index >= 15 is 0 Å². The summed E-state index contributed by atoms with van der Waals surface area (Å²) in [4.78, 5) is 6.45. The zero-order valence-electron chi connectivity index (χ0n) is 16.2. The number of halogens is 6. The molecule has 2 heterocycles. The molecule has 0 bridgehead atoms. The molecule has 0 saturated heterocycles. The Kier molecular flexibility index (Phi) is 6.98. The maximum atomic E-state index is 12.6. The van der Waals surface area contributed by atoms with Gasteiger partial charge in [-0.05, 0) is 13.8 Å². The topological polar surface area (TPSA) is 72.3 Å². The first-order valence-corrected chi connectivity index (χ1v) is 8.27. The summed E-state index contributed by atoms with van der Waals surface area (Å²) in [5, 5.41) is 9.55. The maximum absolute atomic E-state index is 12.6. The highest BCUT2D eigenvalue weighted by Crippen LogP contribution is 2.37. The predicted octanol–water partition coefficient (Wildman–Crippen LogP) is 5.86. The molecule has 0 aliphatic heterocycles. The number of aliphatic hydroxyl groups is 1. The normalized spacial score (nSPS) is 13.1. The molecule has 0 atom stereocenters. The Morgan fingerprint density at radius 2 is 1.32 bits per heavy atom. The highest BCUT2D eigenvalue weighted by atomic mass is 19.4. The van der Waals surface area contributed by atoms with E-state index in [2.05, 4.69) is 14.4 Å². The molecular formula is C17H22F6N2O3. The van der Waals surface area contributed by atoms with E-state index in [1.165, 1.54) is 13.8 Å². The number of aromatic nitrogens is 2. The molecular weight excluding hydrogens is 394 g/mol. The van der Waals surface area contributed by atoms with Crippen molar-refractivity contribution in [3.05, 3.63) is 35.2 Å². The molecule has 0 aromatic carbocycles. The third kappa shape index (κ3) is 5.98. The number of nitrogens with zero attached hydrogens (tertiary/aromatic N) is 2. The van der Waals surface area contributed by atoms with Gasteiger partial charge < -0.3 is 13.9 Å². The van der Waals surface area contributed by atoms with Crippen molar-refractivity contribution in [2.75, 3.05) is 0 Å². The smallest absolute Gasteiger partial charge is 0.436 e. The fraction of sp³-hybridized carbons (Fsp3) is 0.647. The molecule has 0 amide bonds. The van der Waals surface area contributed by atoms with Gasteiger partial charge in [0.2, 0.25) is 5.89 Å². The Hall–Kier alpha value is -2.04. The average molecular weight is 416 g/mol. The van der Waals surface area contributed by atoms with E-state index in [1.807, 2.05) is 0 Å². The van der Waals surface area contributed by atoms with Gasteiger partial charge in [-0.3, -0.25) is 0 Å². The van der Waals surface area contributed by atoms with Crippen LogP contribution in [-0.2, 0) is 18.0 Å². The lowest BCUT2D eigenvalue weighted by Gasteiger charge is -2.11. The summed E-state index contributed by atoms with van der Waals surface area (Å²) in [5.41, 5.74) is -3.50. The highest BCUT2D eigenvalue weighted by Gasteiger charge is 2.41. The number of rotatable bonds is 3. The van der Waals surface area contributed by atoms with Gasteiger partial charge >= 0.3 is 12.4 Å². The van der Waals surface area contributed by atoms with Crippen LogP contribution < -0.4 is 0 Å². The van der Waals surface area contributed by atoms with Crippen LogP contribution >= 0.6 is 0 Å². The van der Waals surface area contributed by atoms with E-state index in [9.17, 15) is 31.4 Å². The van der Waals surface area contributed by atoms with Crippen molar-refractivity contribution in [2.45, 2.75) is 71.3 Å². The van der Waals surface area contributed by atoms with Crippen molar-refractivity contribution in [3.63, 3.8) is 0 Å². The quantitative estimate of drug-likeness (QED) is 0.635. The summed E-state index contributed by atoms with van der Waals surface area (Å²) in [7, 11) is 0. The molecule has 0 spiro atoms. The van der Waals surface area contributed by atoms with E-state index in [-0.39, 0.29) is 23.3 Å². The monoisotopic (exact) mass is 416 g/mol. The minimum atomic E-state index is -4.56. The summed E-state index contributed by atoms with van der Waals surface area (Å²) in [6.45, 7) is 9.03. The van der Waals surface area contributed by atoms with Gasteiger partial charge in [-0.2, -0.15) is 26.3 Å². The van der Waals surface area contributed by atoms with Gasteiger partial charge in [0.25, 0.3) is 0 Å². The van der Waals surface area contributed by atoms with Crippen LogP contribution in [0.1, 0.15) is 82.2 Å². The van der Waals surface area contributed by atoms with Gasteiger partial charge in [-0.15, -0.1) is 0 Å². The van der Waals surface area contributed by atoms with Gasteiger partial charge in [-0.1, -0.05) is 27.7 Å². The van der Waals surface area contributed by atoms with Crippen molar-refractivity contribution in [1.29, 1.82) is 0 Å². The molecule has 160 valence electrons.